The molecule has 0 heterocycles. The highest BCUT2D eigenvalue weighted by Gasteiger charge is 2.24. The molecule has 2 aromatic rings. The van der Waals surface area contributed by atoms with Crippen molar-refractivity contribution in [1.82, 2.24) is 10.6 Å². The highest BCUT2D eigenvalue weighted by atomic mass is 32.1. The van der Waals surface area contributed by atoms with E-state index in [1.165, 1.54) is 27.8 Å². The zero-order valence-corrected chi connectivity index (χ0v) is 20.5. The third-order valence-electron chi connectivity index (χ3n) is 5.28. The van der Waals surface area contributed by atoms with Crippen molar-refractivity contribution in [3.8, 4) is 0 Å². The lowest BCUT2D eigenvalue weighted by Crippen LogP contribution is -2.39. The van der Waals surface area contributed by atoms with Crippen molar-refractivity contribution in [3.63, 3.8) is 0 Å². The van der Waals surface area contributed by atoms with E-state index in [2.05, 4.69) is 73.9 Å². The minimum absolute atomic E-state index is 0.118. The smallest absolute Gasteiger partial charge is 0.311 e. The largest absolute Gasteiger partial charge is 0.465 e. The maximum atomic E-state index is 12.3. The topological polar surface area (TPSA) is 50.4 Å². The fourth-order valence-corrected chi connectivity index (χ4v) is 3.21. The highest BCUT2D eigenvalue weighted by molar-refractivity contribution is 7.80. The Bertz CT molecular complexity index is 885. The van der Waals surface area contributed by atoms with E-state index >= 15 is 0 Å². The van der Waals surface area contributed by atoms with Crippen molar-refractivity contribution in [1.29, 1.82) is 0 Å². The first-order valence-corrected chi connectivity index (χ1v) is 11.3. The molecular formula is C26H36N2O2S. The first kappa shape index (κ1) is 24.9. The van der Waals surface area contributed by atoms with Crippen LogP contribution in [0.15, 0.2) is 42.5 Å². The van der Waals surface area contributed by atoms with E-state index in [9.17, 15) is 4.79 Å². The molecule has 0 amide bonds. The molecule has 168 valence electrons. The first-order chi connectivity index (χ1) is 14.5. The van der Waals surface area contributed by atoms with Crippen molar-refractivity contribution in [2.75, 3.05) is 13.2 Å². The number of esters is 1. The second-order valence-corrected chi connectivity index (χ2v) is 9.79. The number of hydrogen-bond donors (Lipinski definition) is 2. The number of hydrogen-bond acceptors (Lipinski definition) is 3. The Kier molecular flexibility index (Phi) is 9.05. The average Bonchev–Trinajstić information content (AvgIpc) is 2.71. The summed E-state index contributed by atoms with van der Waals surface area (Å²) in [6.45, 7) is 13.6. The summed E-state index contributed by atoms with van der Waals surface area (Å²) in [5.74, 6) is -0.0646. The molecular weight excluding hydrogens is 404 g/mol. The number of carbonyl (C=O) groups is 1. The predicted octanol–water partition coefficient (Wildman–Crippen LogP) is 5.02. The lowest BCUT2D eigenvalue weighted by Gasteiger charge is -2.22. The normalized spacial score (nSPS) is 12.2. The van der Waals surface area contributed by atoms with Crippen molar-refractivity contribution in [2.24, 2.45) is 11.3 Å². The standard InChI is InChI=1S/C26H36N2O2S/c1-18-7-10-21(11-8-18)15-27-25(31)28-16-23(17-30-24(29)26(4,5)6)14-22-12-9-19(2)20(3)13-22/h7-13,23H,14-17H2,1-6H3,(H2,27,28,31). The van der Waals surface area contributed by atoms with Crippen LogP contribution in [0.25, 0.3) is 0 Å². The minimum atomic E-state index is -0.511. The molecule has 0 aliphatic heterocycles. The van der Waals surface area contributed by atoms with Gasteiger partial charge >= 0.3 is 5.97 Å². The third-order valence-corrected chi connectivity index (χ3v) is 5.57. The average molecular weight is 441 g/mol. The summed E-state index contributed by atoms with van der Waals surface area (Å²) in [6.07, 6.45) is 0.812. The van der Waals surface area contributed by atoms with Gasteiger partial charge < -0.3 is 15.4 Å². The second kappa shape index (κ2) is 11.3. The van der Waals surface area contributed by atoms with Crippen LogP contribution in [0, 0.1) is 32.1 Å². The fourth-order valence-electron chi connectivity index (χ4n) is 3.05. The molecule has 4 nitrogen and oxygen atoms in total. The van der Waals surface area contributed by atoms with Crippen molar-refractivity contribution in [3.05, 3.63) is 70.3 Å². The molecule has 0 aliphatic rings. The molecule has 0 bridgehead atoms. The molecule has 0 spiro atoms. The van der Waals surface area contributed by atoms with Crippen molar-refractivity contribution >= 4 is 23.3 Å². The molecule has 2 rings (SSSR count). The predicted molar refractivity (Wildman–Crippen MR) is 132 cm³/mol. The Balaban J connectivity index is 1.94. The number of benzene rings is 2. The summed E-state index contributed by atoms with van der Waals surface area (Å²) in [4.78, 5) is 12.3. The Morgan fingerprint density at radius 2 is 1.61 bits per heavy atom. The van der Waals surface area contributed by atoms with Crippen molar-refractivity contribution < 1.29 is 9.53 Å². The number of nitrogens with one attached hydrogen (secondary N) is 2. The van der Waals surface area contributed by atoms with Gasteiger partial charge in [0.2, 0.25) is 0 Å². The maximum Gasteiger partial charge on any atom is 0.311 e. The molecule has 31 heavy (non-hydrogen) atoms. The Morgan fingerprint density at radius 1 is 0.968 bits per heavy atom. The van der Waals surface area contributed by atoms with Gasteiger partial charge in [0, 0.05) is 19.0 Å². The van der Waals surface area contributed by atoms with Gasteiger partial charge in [-0.25, -0.2) is 0 Å². The van der Waals surface area contributed by atoms with Crippen LogP contribution in [0.2, 0.25) is 0 Å². The molecule has 0 radical (unpaired) electrons. The lowest BCUT2D eigenvalue weighted by molar-refractivity contribution is -0.154. The molecule has 1 unspecified atom stereocenters. The molecule has 0 aromatic heterocycles. The first-order valence-electron chi connectivity index (χ1n) is 10.8. The van der Waals surface area contributed by atoms with Gasteiger partial charge in [-0.05, 0) is 82.4 Å². The Morgan fingerprint density at radius 3 is 2.23 bits per heavy atom. The quantitative estimate of drug-likeness (QED) is 0.446. The highest BCUT2D eigenvalue weighted by Crippen LogP contribution is 2.18. The van der Waals surface area contributed by atoms with Crippen LogP contribution >= 0.6 is 12.2 Å². The number of ether oxygens (including phenoxy) is 1. The minimum Gasteiger partial charge on any atom is -0.465 e. The van der Waals surface area contributed by atoms with Gasteiger partial charge in [-0.15, -0.1) is 0 Å². The maximum absolute atomic E-state index is 12.3. The van der Waals surface area contributed by atoms with E-state index in [-0.39, 0.29) is 11.9 Å². The molecule has 0 fully saturated rings. The van der Waals surface area contributed by atoms with E-state index in [1.807, 2.05) is 20.8 Å². The van der Waals surface area contributed by atoms with Crippen LogP contribution in [0.3, 0.4) is 0 Å². The van der Waals surface area contributed by atoms with Gasteiger partial charge in [0.25, 0.3) is 0 Å². The molecule has 0 aliphatic carbocycles. The van der Waals surface area contributed by atoms with Gasteiger partial charge in [-0.3, -0.25) is 4.79 Å². The van der Waals surface area contributed by atoms with Crippen molar-refractivity contribution in [2.45, 2.75) is 54.5 Å². The molecule has 1 atom stereocenters. The van der Waals surface area contributed by atoms with Crippen LogP contribution in [0.5, 0.6) is 0 Å². The van der Waals surface area contributed by atoms with Gasteiger partial charge in [0.05, 0.1) is 12.0 Å². The van der Waals surface area contributed by atoms with Crippen LogP contribution in [-0.4, -0.2) is 24.2 Å². The van der Waals surface area contributed by atoms with E-state index in [4.69, 9.17) is 17.0 Å². The van der Waals surface area contributed by atoms with E-state index in [0.717, 1.165) is 6.42 Å². The second-order valence-electron chi connectivity index (χ2n) is 9.39. The summed E-state index contributed by atoms with van der Waals surface area (Å²) < 4.78 is 5.62. The zero-order valence-electron chi connectivity index (χ0n) is 19.7. The number of thiocarbonyl (C=S) groups is 1. The number of carbonyl (C=O) groups excluding carboxylic acids is 1. The van der Waals surface area contributed by atoms with E-state index in [1.54, 1.807) is 0 Å². The molecule has 2 N–H and O–H groups in total. The van der Waals surface area contributed by atoms with Crippen LogP contribution in [-0.2, 0) is 22.5 Å². The fraction of sp³-hybridized carbons (Fsp3) is 0.462. The number of aryl methyl sites for hydroxylation is 3. The molecule has 2 aromatic carbocycles. The van der Waals surface area contributed by atoms with Gasteiger partial charge in [0.15, 0.2) is 5.11 Å². The molecule has 0 saturated carbocycles. The zero-order chi connectivity index (χ0) is 23.0. The summed E-state index contributed by atoms with van der Waals surface area (Å²) in [5.41, 5.74) is 5.69. The van der Waals surface area contributed by atoms with E-state index < -0.39 is 5.41 Å². The molecule has 0 saturated heterocycles. The monoisotopic (exact) mass is 440 g/mol. The van der Waals surface area contributed by atoms with Crippen LogP contribution in [0.4, 0.5) is 0 Å². The number of rotatable bonds is 8. The van der Waals surface area contributed by atoms with Gasteiger partial charge in [-0.1, -0.05) is 48.0 Å². The van der Waals surface area contributed by atoms with E-state index in [0.29, 0.717) is 24.8 Å². The lowest BCUT2D eigenvalue weighted by atomic mass is 9.96. The molecule has 5 heteroatoms. The Hall–Kier alpha value is -2.40. The van der Waals surface area contributed by atoms with Crippen LogP contribution in [0.1, 0.15) is 48.6 Å². The van der Waals surface area contributed by atoms with Gasteiger partial charge in [0.1, 0.15) is 0 Å². The SMILES string of the molecule is Cc1ccc(CNC(=S)NCC(COC(=O)C(C)(C)C)Cc2ccc(C)c(C)c2)cc1. The Labute approximate surface area is 192 Å². The summed E-state index contributed by atoms with van der Waals surface area (Å²) in [7, 11) is 0. The van der Waals surface area contributed by atoms with Crippen LogP contribution < -0.4 is 10.6 Å². The third kappa shape index (κ3) is 8.70. The summed E-state index contributed by atoms with van der Waals surface area (Å²) >= 11 is 5.46. The summed E-state index contributed by atoms with van der Waals surface area (Å²) in [5, 5.41) is 7.16. The van der Waals surface area contributed by atoms with Gasteiger partial charge in [-0.2, -0.15) is 0 Å². The summed E-state index contributed by atoms with van der Waals surface area (Å²) in [6, 6.07) is 14.9.